The Kier molecular flexibility index (Phi) is 4.81. The number of nitrogens with zero attached hydrogens (tertiary/aromatic N) is 1. The van der Waals surface area contributed by atoms with Gasteiger partial charge < -0.3 is 14.7 Å². The summed E-state index contributed by atoms with van der Waals surface area (Å²) in [5.41, 5.74) is -1.40. The number of ether oxygens (including phenoxy) is 1. The van der Waals surface area contributed by atoms with Gasteiger partial charge in [0.05, 0.1) is 11.0 Å². The lowest BCUT2D eigenvalue weighted by atomic mass is 9.91. The maximum Gasteiger partial charge on any atom is 0.229 e. The van der Waals surface area contributed by atoms with Crippen molar-refractivity contribution in [3.05, 3.63) is 0 Å². The fourth-order valence-electron chi connectivity index (χ4n) is 2.00. The van der Waals surface area contributed by atoms with Gasteiger partial charge in [0.15, 0.2) is 0 Å². The standard InChI is InChI=1S/C12H22ClNO3/c1-11(2,8-13)10(15)14(3)9-12(16)4-6-17-7-5-12/h16H,4-9H2,1-3H3. The number of rotatable bonds is 4. The lowest BCUT2D eigenvalue weighted by Crippen LogP contribution is -2.50. The number of amides is 1. The molecular weight excluding hydrogens is 242 g/mol. The zero-order valence-corrected chi connectivity index (χ0v) is 11.6. The van der Waals surface area contributed by atoms with Crippen molar-refractivity contribution in [1.82, 2.24) is 4.90 Å². The summed E-state index contributed by atoms with van der Waals surface area (Å²) in [6.07, 6.45) is 1.15. The van der Waals surface area contributed by atoms with Gasteiger partial charge in [0.2, 0.25) is 5.91 Å². The number of carbonyl (C=O) groups is 1. The van der Waals surface area contributed by atoms with Gasteiger partial charge in [-0.15, -0.1) is 11.6 Å². The summed E-state index contributed by atoms with van der Waals surface area (Å²) in [7, 11) is 1.71. The molecule has 17 heavy (non-hydrogen) atoms. The van der Waals surface area contributed by atoms with Crippen molar-refractivity contribution in [1.29, 1.82) is 0 Å². The molecule has 0 aromatic carbocycles. The van der Waals surface area contributed by atoms with Crippen LogP contribution in [0.4, 0.5) is 0 Å². The van der Waals surface area contributed by atoms with E-state index in [-0.39, 0.29) is 11.8 Å². The van der Waals surface area contributed by atoms with E-state index in [9.17, 15) is 9.90 Å². The summed E-state index contributed by atoms with van der Waals surface area (Å²) < 4.78 is 5.21. The fourth-order valence-corrected chi connectivity index (χ4v) is 2.11. The van der Waals surface area contributed by atoms with Crippen LogP contribution < -0.4 is 0 Å². The Hall–Kier alpha value is -0.320. The molecule has 1 aliphatic rings. The third kappa shape index (κ3) is 3.83. The van der Waals surface area contributed by atoms with Gasteiger partial charge in [0, 0.05) is 45.5 Å². The van der Waals surface area contributed by atoms with E-state index in [0.29, 0.717) is 32.6 Å². The van der Waals surface area contributed by atoms with E-state index in [0.717, 1.165) is 0 Å². The van der Waals surface area contributed by atoms with Crippen LogP contribution in [0.1, 0.15) is 26.7 Å². The summed E-state index contributed by atoms with van der Waals surface area (Å²) in [4.78, 5) is 13.7. The van der Waals surface area contributed by atoms with E-state index in [1.165, 1.54) is 0 Å². The highest BCUT2D eigenvalue weighted by molar-refractivity contribution is 6.19. The van der Waals surface area contributed by atoms with Crippen LogP contribution in [-0.2, 0) is 9.53 Å². The molecule has 4 nitrogen and oxygen atoms in total. The topological polar surface area (TPSA) is 49.8 Å². The van der Waals surface area contributed by atoms with Gasteiger partial charge in [-0.3, -0.25) is 4.79 Å². The maximum absolute atomic E-state index is 12.1. The molecule has 0 radical (unpaired) electrons. The van der Waals surface area contributed by atoms with Gasteiger partial charge in [-0.05, 0) is 13.8 Å². The fraction of sp³-hybridized carbons (Fsp3) is 0.917. The van der Waals surface area contributed by atoms with Crippen molar-refractivity contribution in [2.45, 2.75) is 32.3 Å². The molecule has 1 aliphatic heterocycles. The first-order valence-electron chi connectivity index (χ1n) is 5.92. The smallest absolute Gasteiger partial charge is 0.229 e. The summed E-state index contributed by atoms with van der Waals surface area (Å²) in [5.74, 6) is 0.241. The van der Waals surface area contributed by atoms with Gasteiger partial charge in [0.25, 0.3) is 0 Å². The van der Waals surface area contributed by atoms with E-state index in [1.54, 1.807) is 11.9 Å². The molecule has 0 spiro atoms. The maximum atomic E-state index is 12.1. The van der Waals surface area contributed by atoms with E-state index in [1.807, 2.05) is 13.8 Å². The molecule has 5 heteroatoms. The molecule has 0 saturated carbocycles. The molecule has 1 saturated heterocycles. The minimum atomic E-state index is -0.814. The Bertz CT molecular complexity index is 275. The van der Waals surface area contributed by atoms with E-state index in [2.05, 4.69) is 0 Å². The molecule has 100 valence electrons. The number of hydrogen-bond acceptors (Lipinski definition) is 3. The van der Waals surface area contributed by atoms with Crippen LogP contribution in [-0.4, -0.2) is 54.2 Å². The molecule has 0 atom stereocenters. The number of aliphatic hydroxyl groups is 1. The Morgan fingerprint density at radius 1 is 1.47 bits per heavy atom. The molecule has 0 aliphatic carbocycles. The van der Waals surface area contributed by atoms with E-state index < -0.39 is 11.0 Å². The van der Waals surface area contributed by atoms with Crippen molar-refractivity contribution in [3.63, 3.8) is 0 Å². The predicted molar refractivity (Wildman–Crippen MR) is 67.1 cm³/mol. The van der Waals surface area contributed by atoms with Crippen LogP contribution in [0.3, 0.4) is 0 Å². The predicted octanol–water partition coefficient (Wildman–Crippen LogP) is 1.25. The second-order valence-electron chi connectivity index (χ2n) is 5.52. The van der Waals surface area contributed by atoms with E-state index >= 15 is 0 Å². The highest BCUT2D eigenvalue weighted by Crippen LogP contribution is 2.25. The van der Waals surface area contributed by atoms with E-state index in [4.69, 9.17) is 16.3 Å². The number of carbonyl (C=O) groups excluding carboxylic acids is 1. The van der Waals surface area contributed by atoms with Crippen LogP contribution in [0, 0.1) is 5.41 Å². The molecule has 0 aromatic rings. The van der Waals surface area contributed by atoms with Gasteiger partial charge in [0.1, 0.15) is 0 Å². The monoisotopic (exact) mass is 263 g/mol. The number of halogens is 1. The minimum absolute atomic E-state index is 0.0348. The third-order valence-corrected chi connectivity index (χ3v) is 3.88. The summed E-state index contributed by atoms with van der Waals surface area (Å²) >= 11 is 5.78. The molecule has 1 amide bonds. The van der Waals surface area contributed by atoms with Crippen LogP contribution in [0.5, 0.6) is 0 Å². The SMILES string of the molecule is CN(CC1(O)CCOCC1)C(=O)C(C)(C)CCl. The molecule has 1 heterocycles. The quantitative estimate of drug-likeness (QED) is 0.777. The van der Waals surface area contributed by atoms with Gasteiger partial charge in [-0.25, -0.2) is 0 Å². The van der Waals surface area contributed by atoms with Crippen molar-refractivity contribution in [3.8, 4) is 0 Å². The second-order valence-corrected chi connectivity index (χ2v) is 5.78. The first-order chi connectivity index (χ1) is 7.81. The van der Waals surface area contributed by atoms with Crippen LogP contribution >= 0.6 is 11.6 Å². The lowest BCUT2D eigenvalue weighted by Gasteiger charge is -2.37. The average Bonchev–Trinajstić information content (AvgIpc) is 2.28. The van der Waals surface area contributed by atoms with Gasteiger partial charge >= 0.3 is 0 Å². The van der Waals surface area contributed by atoms with Gasteiger partial charge in [-0.1, -0.05) is 0 Å². The Morgan fingerprint density at radius 2 is 2.00 bits per heavy atom. The summed E-state index contributed by atoms with van der Waals surface area (Å²) in [5, 5.41) is 10.3. The highest BCUT2D eigenvalue weighted by Gasteiger charge is 2.36. The van der Waals surface area contributed by atoms with Crippen LogP contribution in [0.2, 0.25) is 0 Å². The van der Waals surface area contributed by atoms with Crippen molar-refractivity contribution in [2.24, 2.45) is 5.41 Å². The van der Waals surface area contributed by atoms with Gasteiger partial charge in [-0.2, -0.15) is 0 Å². The molecule has 1 rings (SSSR count). The summed E-state index contributed by atoms with van der Waals surface area (Å²) in [6.45, 7) is 5.07. The Balaban J connectivity index is 2.59. The third-order valence-electron chi connectivity index (χ3n) is 3.21. The Morgan fingerprint density at radius 3 is 2.47 bits per heavy atom. The van der Waals surface area contributed by atoms with Crippen molar-refractivity contribution >= 4 is 17.5 Å². The number of alkyl halides is 1. The molecule has 0 unspecified atom stereocenters. The van der Waals surface area contributed by atoms with Crippen molar-refractivity contribution in [2.75, 3.05) is 32.7 Å². The highest BCUT2D eigenvalue weighted by atomic mass is 35.5. The normalized spacial score (nSPS) is 20.1. The van der Waals surface area contributed by atoms with Crippen LogP contribution in [0.15, 0.2) is 0 Å². The number of likely N-dealkylation sites (N-methyl/N-ethyl adjacent to an activating group) is 1. The molecule has 1 N–H and O–H groups in total. The van der Waals surface area contributed by atoms with Crippen LogP contribution in [0.25, 0.3) is 0 Å². The minimum Gasteiger partial charge on any atom is -0.388 e. The second kappa shape index (κ2) is 5.55. The zero-order chi connectivity index (χ0) is 13.1. The zero-order valence-electron chi connectivity index (χ0n) is 10.8. The molecule has 0 bridgehead atoms. The largest absolute Gasteiger partial charge is 0.388 e. The molecule has 0 aromatic heterocycles. The number of hydrogen-bond donors (Lipinski definition) is 1. The molecular formula is C12H22ClNO3. The summed E-state index contributed by atoms with van der Waals surface area (Å²) in [6, 6.07) is 0. The first kappa shape index (κ1) is 14.7. The average molecular weight is 264 g/mol. The van der Waals surface area contributed by atoms with Crippen molar-refractivity contribution < 1.29 is 14.6 Å². The lowest BCUT2D eigenvalue weighted by molar-refractivity contribution is -0.144. The molecule has 1 fully saturated rings. The Labute approximate surface area is 108 Å². The first-order valence-corrected chi connectivity index (χ1v) is 6.46.